The van der Waals surface area contributed by atoms with E-state index in [4.69, 9.17) is 23.8 Å². The average Bonchev–Trinajstić information content (AvgIpc) is 3.30. The number of aromatic nitrogens is 2. The first-order valence-corrected chi connectivity index (χ1v) is 14.0. The molecule has 3 rings (SSSR count). The van der Waals surface area contributed by atoms with Gasteiger partial charge in [-0.15, -0.1) is 11.3 Å². The zero-order valence-electron chi connectivity index (χ0n) is 22.0. The van der Waals surface area contributed by atoms with E-state index >= 15 is 0 Å². The summed E-state index contributed by atoms with van der Waals surface area (Å²) >= 11 is 12.4. The molecule has 0 aliphatic carbocycles. The van der Waals surface area contributed by atoms with E-state index in [0.29, 0.717) is 41.7 Å². The maximum atomic E-state index is 12.8. The number of anilines is 1. The van der Waals surface area contributed by atoms with Gasteiger partial charge in [0.1, 0.15) is 5.82 Å². The van der Waals surface area contributed by atoms with Gasteiger partial charge in [-0.05, 0) is 45.4 Å². The van der Waals surface area contributed by atoms with Crippen molar-refractivity contribution in [2.45, 2.75) is 45.2 Å². The number of hydrogen-bond acceptors (Lipinski definition) is 8. The smallest absolute Gasteiger partial charge is 0.280 e. The summed E-state index contributed by atoms with van der Waals surface area (Å²) in [7, 11) is 5.48. The van der Waals surface area contributed by atoms with E-state index < -0.39 is 5.91 Å². The molecule has 206 valence electrons. The number of carbonyl (C=O) groups excluding carboxylic acids is 3. The predicted octanol–water partition coefficient (Wildman–Crippen LogP) is 2.73. The second kappa shape index (κ2) is 13.9. The Morgan fingerprint density at radius 3 is 2.68 bits per heavy atom. The van der Waals surface area contributed by atoms with Crippen molar-refractivity contribution < 1.29 is 14.4 Å². The monoisotopic (exact) mass is 579 g/mol. The average molecular weight is 580 g/mol. The lowest BCUT2D eigenvalue weighted by atomic mass is 9.95. The zero-order valence-corrected chi connectivity index (χ0v) is 24.4. The fraction of sp³-hybridized carbons (Fsp3) is 0.520. The van der Waals surface area contributed by atoms with Crippen LogP contribution in [0.1, 0.15) is 46.6 Å². The number of thiocarbonyl (C=S) groups is 1. The molecular formula is C25H34ClN7O3S2. The first-order chi connectivity index (χ1) is 18.0. The summed E-state index contributed by atoms with van der Waals surface area (Å²) in [5, 5.41) is 9.51. The molecular weight excluding hydrogens is 546 g/mol. The van der Waals surface area contributed by atoms with Gasteiger partial charge >= 0.3 is 0 Å². The third-order valence-corrected chi connectivity index (χ3v) is 7.78. The summed E-state index contributed by atoms with van der Waals surface area (Å²) in [6.07, 6.45) is 3.91. The van der Waals surface area contributed by atoms with Crippen LogP contribution < -0.4 is 16.0 Å². The molecule has 0 saturated heterocycles. The number of amides is 3. The summed E-state index contributed by atoms with van der Waals surface area (Å²) in [4.78, 5) is 51.4. The molecule has 2 atom stereocenters. The molecule has 10 nitrogen and oxygen atoms in total. The van der Waals surface area contributed by atoms with Crippen LogP contribution in [0.3, 0.4) is 0 Å². The number of halogens is 1. The van der Waals surface area contributed by atoms with Gasteiger partial charge in [-0.25, -0.2) is 9.97 Å². The fourth-order valence-electron chi connectivity index (χ4n) is 4.05. The van der Waals surface area contributed by atoms with Crippen LogP contribution in [-0.4, -0.2) is 82.8 Å². The molecule has 13 heteroatoms. The van der Waals surface area contributed by atoms with Crippen LogP contribution in [-0.2, 0) is 22.6 Å². The standard InChI is InChI=1S/C25H34ClN7O3S2/c1-15(29-21(34)23(37)31-20-8-7-17(26)13-28-20)5-6-16(25(36)32(2)3)9-11-27-22(35)24-30-18-10-12-33(4)14-19(18)38-24/h7-8,13,15-16H,5-6,9-12,14H2,1-4H3,(H,27,35)(H,29,34)(H,28,31,37)/t15-,16+/m1/s1. The van der Waals surface area contributed by atoms with Crippen molar-refractivity contribution in [1.29, 1.82) is 0 Å². The van der Waals surface area contributed by atoms with Gasteiger partial charge in [-0.1, -0.05) is 23.8 Å². The number of hydrogen-bond donors (Lipinski definition) is 3. The molecule has 1 aliphatic heterocycles. The number of thiazole rings is 1. The quantitative estimate of drug-likeness (QED) is 0.368. The number of likely N-dealkylation sites (N-methyl/N-ethyl adjacent to an activating group) is 1. The first-order valence-electron chi connectivity index (χ1n) is 12.4. The third-order valence-electron chi connectivity index (χ3n) is 6.19. The van der Waals surface area contributed by atoms with Crippen LogP contribution in [0.2, 0.25) is 5.02 Å². The molecule has 0 spiro atoms. The maximum Gasteiger partial charge on any atom is 0.280 e. The van der Waals surface area contributed by atoms with E-state index in [9.17, 15) is 14.4 Å². The Kier molecular flexibility index (Phi) is 11.0. The Hall–Kier alpha value is -2.67. The van der Waals surface area contributed by atoms with Crippen molar-refractivity contribution in [2.24, 2.45) is 5.92 Å². The molecule has 0 aromatic carbocycles. The Morgan fingerprint density at radius 2 is 2.00 bits per heavy atom. The highest BCUT2D eigenvalue weighted by Gasteiger charge is 2.24. The van der Waals surface area contributed by atoms with Crippen molar-refractivity contribution in [1.82, 2.24) is 30.4 Å². The summed E-state index contributed by atoms with van der Waals surface area (Å²) in [6, 6.07) is 3.06. The summed E-state index contributed by atoms with van der Waals surface area (Å²) < 4.78 is 0. The van der Waals surface area contributed by atoms with Crippen LogP contribution in [0.25, 0.3) is 0 Å². The van der Waals surface area contributed by atoms with Crippen molar-refractivity contribution in [3.63, 3.8) is 0 Å². The van der Waals surface area contributed by atoms with E-state index in [2.05, 4.69) is 37.9 Å². The number of nitrogens with one attached hydrogen (secondary N) is 3. The number of rotatable bonds is 10. The molecule has 0 unspecified atom stereocenters. The van der Waals surface area contributed by atoms with Crippen molar-refractivity contribution in [3.05, 3.63) is 38.9 Å². The third kappa shape index (κ3) is 8.69. The van der Waals surface area contributed by atoms with E-state index in [0.717, 1.165) is 30.1 Å². The van der Waals surface area contributed by atoms with Gasteiger partial charge in [0.2, 0.25) is 5.91 Å². The molecule has 3 amide bonds. The van der Waals surface area contributed by atoms with Crippen LogP contribution in [0.5, 0.6) is 0 Å². The van der Waals surface area contributed by atoms with Gasteiger partial charge in [0.05, 0.1) is 10.7 Å². The van der Waals surface area contributed by atoms with Gasteiger partial charge < -0.3 is 25.8 Å². The summed E-state index contributed by atoms with van der Waals surface area (Å²) in [6.45, 7) is 3.97. The van der Waals surface area contributed by atoms with Crippen LogP contribution in [0, 0.1) is 5.92 Å². The molecule has 3 heterocycles. The predicted molar refractivity (Wildman–Crippen MR) is 154 cm³/mol. The minimum Gasteiger partial charge on any atom is -0.350 e. The topological polar surface area (TPSA) is 120 Å². The molecule has 0 radical (unpaired) electrons. The maximum absolute atomic E-state index is 12.8. The molecule has 0 saturated carbocycles. The summed E-state index contributed by atoms with van der Waals surface area (Å²) in [5.41, 5.74) is 1.01. The second-order valence-corrected chi connectivity index (χ2v) is 11.5. The highest BCUT2D eigenvalue weighted by Crippen LogP contribution is 2.24. The van der Waals surface area contributed by atoms with Crippen LogP contribution >= 0.6 is 35.2 Å². The molecule has 38 heavy (non-hydrogen) atoms. The number of carbonyl (C=O) groups is 3. The minimum atomic E-state index is -0.427. The van der Waals surface area contributed by atoms with Gasteiger partial charge in [-0.2, -0.15) is 0 Å². The van der Waals surface area contributed by atoms with E-state index in [-0.39, 0.29) is 28.8 Å². The number of pyridine rings is 1. The molecule has 3 N–H and O–H groups in total. The SMILES string of the molecule is C[C@H](CC[C@@H](CCNC(=O)c1nc2c(s1)CN(C)CC2)C(=O)N(C)C)NC(=O)C(=S)Nc1ccc(Cl)cn1. The lowest BCUT2D eigenvalue weighted by Gasteiger charge is -2.22. The number of fused-ring (bicyclic) bond motifs is 1. The molecule has 2 aromatic heterocycles. The van der Waals surface area contributed by atoms with E-state index in [1.165, 1.54) is 17.5 Å². The Balaban J connectivity index is 1.46. The first kappa shape index (κ1) is 29.9. The fourth-order valence-corrected chi connectivity index (χ4v) is 5.43. The van der Waals surface area contributed by atoms with Gasteiger partial charge in [0.15, 0.2) is 10.00 Å². The zero-order chi connectivity index (χ0) is 27.8. The highest BCUT2D eigenvalue weighted by molar-refractivity contribution is 7.82. The Bertz CT molecular complexity index is 1160. The lowest BCUT2D eigenvalue weighted by molar-refractivity contribution is -0.133. The van der Waals surface area contributed by atoms with Crippen LogP contribution in [0.4, 0.5) is 5.82 Å². The van der Waals surface area contributed by atoms with Gasteiger partial charge in [0, 0.05) is 63.2 Å². The van der Waals surface area contributed by atoms with E-state index in [1.54, 1.807) is 31.1 Å². The molecule has 0 bridgehead atoms. The highest BCUT2D eigenvalue weighted by atomic mass is 35.5. The normalized spacial score (nSPS) is 14.7. The minimum absolute atomic E-state index is 0.00851. The van der Waals surface area contributed by atoms with Gasteiger partial charge in [-0.3, -0.25) is 14.4 Å². The van der Waals surface area contributed by atoms with E-state index in [1.807, 2.05) is 6.92 Å². The Morgan fingerprint density at radius 1 is 1.24 bits per heavy atom. The second-order valence-electron chi connectivity index (χ2n) is 9.62. The molecule has 1 aliphatic rings. The van der Waals surface area contributed by atoms with Crippen molar-refractivity contribution in [3.8, 4) is 0 Å². The van der Waals surface area contributed by atoms with Crippen molar-refractivity contribution in [2.75, 3.05) is 39.5 Å². The molecule has 0 fully saturated rings. The largest absolute Gasteiger partial charge is 0.350 e. The van der Waals surface area contributed by atoms with Gasteiger partial charge in [0.25, 0.3) is 11.8 Å². The summed E-state index contributed by atoms with van der Waals surface area (Å²) in [5.74, 6) is -0.530. The van der Waals surface area contributed by atoms with Crippen molar-refractivity contribution >= 4 is 63.7 Å². The Labute approximate surface area is 237 Å². The number of nitrogens with zero attached hydrogens (tertiary/aromatic N) is 4. The van der Waals surface area contributed by atoms with Crippen LogP contribution in [0.15, 0.2) is 18.3 Å². The lowest BCUT2D eigenvalue weighted by Crippen LogP contribution is -2.40. The molecule has 2 aromatic rings.